The van der Waals surface area contributed by atoms with Crippen LogP contribution in [0.15, 0.2) is 18.2 Å². The zero-order chi connectivity index (χ0) is 29.2. The zero-order valence-electron chi connectivity index (χ0n) is 24.0. The van der Waals surface area contributed by atoms with Crippen LogP contribution in [0.2, 0.25) is 0 Å². The molecule has 4 unspecified atom stereocenters. The molecule has 214 valence electrons. The third-order valence-corrected chi connectivity index (χ3v) is 6.60. The molecule has 0 aliphatic carbocycles. The van der Waals surface area contributed by atoms with Crippen LogP contribution in [-0.2, 0) is 23.9 Å². The van der Waals surface area contributed by atoms with E-state index in [4.69, 9.17) is 19.9 Å². The smallest absolute Gasteiger partial charge is 0.321 e. The quantitative estimate of drug-likeness (QED) is 0.246. The molecule has 5 atom stereocenters. The number of aliphatic carboxylic acids is 1. The average Bonchev–Trinajstić information content (AvgIpc) is 2.82. The molecule has 0 spiro atoms. The Morgan fingerprint density at radius 2 is 1.39 bits per heavy atom. The van der Waals surface area contributed by atoms with Crippen molar-refractivity contribution < 1.29 is 38.5 Å². The number of benzene rings is 1. The van der Waals surface area contributed by atoms with Crippen molar-refractivity contribution in [1.82, 2.24) is 0 Å². The summed E-state index contributed by atoms with van der Waals surface area (Å²) in [6, 6.07) is 3.22. The van der Waals surface area contributed by atoms with E-state index >= 15 is 0 Å². The van der Waals surface area contributed by atoms with Crippen molar-refractivity contribution in [2.24, 2.45) is 28.9 Å². The van der Waals surface area contributed by atoms with Crippen molar-refractivity contribution in [2.75, 3.05) is 6.61 Å². The van der Waals surface area contributed by atoms with Crippen LogP contribution < -0.4 is 15.2 Å². The van der Waals surface area contributed by atoms with Crippen molar-refractivity contribution in [3.63, 3.8) is 0 Å². The minimum atomic E-state index is -1.33. The standard InChI is InChI=1S/C29H45NO8/c1-9-17(3)13-23(31)37-21-12-11-20(15-22(21)38-24(32)14-18(4)10-2)25(26(30)27(33)34)19(5)16-36-28(35)29(6,7)8/h11-12,15,17-19,25-26H,9-10,13-14,16,30H2,1-8H3,(H,33,34)/t17?,18?,19?,25?,26-/m0/s1. The molecule has 0 saturated heterocycles. The van der Waals surface area contributed by atoms with Gasteiger partial charge in [-0.3, -0.25) is 19.2 Å². The van der Waals surface area contributed by atoms with Crippen LogP contribution in [0.25, 0.3) is 0 Å². The van der Waals surface area contributed by atoms with Crippen molar-refractivity contribution >= 4 is 23.9 Å². The number of carboxylic acids is 1. The van der Waals surface area contributed by atoms with Crippen molar-refractivity contribution in [3.05, 3.63) is 23.8 Å². The second kappa shape index (κ2) is 14.9. The molecule has 0 saturated carbocycles. The van der Waals surface area contributed by atoms with Gasteiger partial charge in [-0.15, -0.1) is 0 Å². The Kier molecular flexibility index (Phi) is 12.9. The molecule has 0 bridgehead atoms. The fourth-order valence-corrected chi connectivity index (χ4v) is 3.65. The van der Waals surface area contributed by atoms with Gasteiger partial charge >= 0.3 is 23.9 Å². The third-order valence-electron chi connectivity index (χ3n) is 6.60. The van der Waals surface area contributed by atoms with Crippen LogP contribution in [0.5, 0.6) is 11.5 Å². The Morgan fingerprint density at radius 3 is 1.84 bits per heavy atom. The predicted octanol–water partition coefficient (Wildman–Crippen LogP) is 5.09. The van der Waals surface area contributed by atoms with Gasteiger partial charge in [0, 0.05) is 18.8 Å². The molecule has 9 nitrogen and oxygen atoms in total. The van der Waals surface area contributed by atoms with Gasteiger partial charge in [0.25, 0.3) is 0 Å². The summed E-state index contributed by atoms with van der Waals surface area (Å²) in [7, 11) is 0. The molecule has 0 amide bonds. The third kappa shape index (κ3) is 10.4. The predicted molar refractivity (Wildman–Crippen MR) is 144 cm³/mol. The SMILES string of the molecule is CCC(C)CC(=O)Oc1ccc(C(C(C)COC(=O)C(C)(C)C)[C@H](N)C(=O)O)cc1OC(=O)CC(C)CC. The summed E-state index contributed by atoms with van der Waals surface area (Å²) in [4.78, 5) is 49.3. The van der Waals surface area contributed by atoms with Gasteiger partial charge in [0.2, 0.25) is 0 Å². The highest BCUT2D eigenvalue weighted by Gasteiger charge is 2.34. The molecule has 3 N–H and O–H groups in total. The highest BCUT2D eigenvalue weighted by atomic mass is 16.6. The number of hydrogen-bond donors (Lipinski definition) is 2. The van der Waals surface area contributed by atoms with E-state index in [9.17, 15) is 24.3 Å². The summed E-state index contributed by atoms with van der Waals surface area (Å²) in [6.45, 7) is 14.6. The zero-order valence-corrected chi connectivity index (χ0v) is 24.0. The Hall–Kier alpha value is -2.94. The van der Waals surface area contributed by atoms with E-state index in [1.54, 1.807) is 33.8 Å². The van der Waals surface area contributed by atoms with Gasteiger partial charge in [-0.05, 0) is 56.2 Å². The van der Waals surface area contributed by atoms with Gasteiger partial charge in [-0.25, -0.2) is 0 Å². The van der Waals surface area contributed by atoms with E-state index < -0.39 is 47.2 Å². The van der Waals surface area contributed by atoms with Crippen LogP contribution in [-0.4, -0.2) is 41.6 Å². The van der Waals surface area contributed by atoms with Crippen LogP contribution in [0, 0.1) is 23.2 Å². The van der Waals surface area contributed by atoms with Crippen LogP contribution in [0.4, 0.5) is 0 Å². The van der Waals surface area contributed by atoms with Crippen LogP contribution in [0.3, 0.4) is 0 Å². The van der Waals surface area contributed by atoms with E-state index in [0.29, 0.717) is 5.56 Å². The number of carbonyl (C=O) groups is 4. The average molecular weight is 536 g/mol. The molecule has 0 radical (unpaired) electrons. The van der Waals surface area contributed by atoms with Gasteiger partial charge < -0.3 is 25.1 Å². The molecule has 0 fully saturated rings. The van der Waals surface area contributed by atoms with Crippen molar-refractivity contribution in [2.45, 2.75) is 93.0 Å². The lowest BCUT2D eigenvalue weighted by atomic mass is 9.82. The first kappa shape index (κ1) is 33.1. The highest BCUT2D eigenvalue weighted by Crippen LogP contribution is 2.36. The number of rotatable bonds is 14. The largest absolute Gasteiger partial charge is 0.480 e. The van der Waals surface area contributed by atoms with E-state index in [2.05, 4.69) is 0 Å². The monoisotopic (exact) mass is 535 g/mol. The maximum absolute atomic E-state index is 12.6. The summed E-state index contributed by atoms with van der Waals surface area (Å²) < 4.78 is 16.6. The molecule has 1 rings (SSSR count). The molecule has 0 aliphatic heterocycles. The molecule has 0 heterocycles. The fraction of sp³-hybridized carbons (Fsp3) is 0.655. The highest BCUT2D eigenvalue weighted by molar-refractivity contribution is 5.78. The van der Waals surface area contributed by atoms with Gasteiger partial charge in [0.15, 0.2) is 11.5 Å². The number of esters is 3. The fourth-order valence-electron chi connectivity index (χ4n) is 3.65. The van der Waals surface area contributed by atoms with Gasteiger partial charge in [-0.2, -0.15) is 0 Å². The Balaban J connectivity index is 3.40. The van der Waals surface area contributed by atoms with Crippen molar-refractivity contribution in [3.8, 4) is 11.5 Å². The van der Waals surface area contributed by atoms with E-state index in [-0.39, 0.29) is 42.8 Å². The normalized spacial score (nSPS) is 15.5. The maximum atomic E-state index is 12.6. The van der Waals surface area contributed by atoms with Crippen LogP contribution >= 0.6 is 0 Å². The first-order valence-electron chi connectivity index (χ1n) is 13.3. The first-order valence-corrected chi connectivity index (χ1v) is 13.3. The number of hydrogen-bond acceptors (Lipinski definition) is 8. The van der Waals surface area contributed by atoms with E-state index in [0.717, 1.165) is 12.8 Å². The van der Waals surface area contributed by atoms with Crippen LogP contribution in [0.1, 0.15) is 92.6 Å². The summed E-state index contributed by atoms with van der Waals surface area (Å²) in [6.07, 6.45) is 1.95. The Bertz CT molecular complexity index is 968. The second-order valence-corrected chi connectivity index (χ2v) is 11.3. The maximum Gasteiger partial charge on any atom is 0.321 e. The Labute approximate surface area is 226 Å². The topological polar surface area (TPSA) is 142 Å². The summed E-state index contributed by atoms with van der Waals surface area (Å²) >= 11 is 0. The molecule has 0 aromatic heterocycles. The van der Waals surface area contributed by atoms with E-state index in [1.807, 2.05) is 27.7 Å². The molecular formula is C29H45NO8. The van der Waals surface area contributed by atoms with E-state index in [1.165, 1.54) is 12.1 Å². The molecular weight excluding hydrogens is 490 g/mol. The summed E-state index contributed by atoms with van der Waals surface area (Å²) in [5.74, 6) is -3.62. The summed E-state index contributed by atoms with van der Waals surface area (Å²) in [5, 5.41) is 9.70. The number of carbonyl (C=O) groups excluding carboxylic acids is 3. The molecule has 1 aromatic rings. The first-order chi connectivity index (χ1) is 17.6. The van der Waals surface area contributed by atoms with Gasteiger partial charge in [0.1, 0.15) is 6.04 Å². The lowest BCUT2D eigenvalue weighted by molar-refractivity contribution is -0.154. The molecule has 38 heavy (non-hydrogen) atoms. The lowest BCUT2D eigenvalue weighted by Crippen LogP contribution is -2.41. The number of carboxylic acid groups (broad SMARTS) is 1. The number of ether oxygens (including phenoxy) is 3. The molecule has 1 aromatic carbocycles. The van der Waals surface area contributed by atoms with Gasteiger partial charge in [-0.1, -0.05) is 53.5 Å². The lowest BCUT2D eigenvalue weighted by Gasteiger charge is -2.29. The molecule has 9 heteroatoms. The minimum absolute atomic E-state index is 0.00906. The second-order valence-electron chi connectivity index (χ2n) is 11.3. The number of nitrogens with two attached hydrogens (primary N) is 1. The minimum Gasteiger partial charge on any atom is -0.480 e. The molecule has 0 aliphatic rings. The summed E-state index contributed by atoms with van der Waals surface area (Å²) in [5.41, 5.74) is 5.81. The van der Waals surface area contributed by atoms with Crippen molar-refractivity contribution in [1.29, 1.82) is 0 Å². The Morgan fingerprint density at radius 1 is 0.895 bits per heavy atom. The van der Waals surface area contributed by atoms with Gasteiger partial charge in [0.05, 0.1) is 12.0 Å².